The summed E-state index contributed by atoms with van der Waals surface area (Å²) in [6, 6.07) is 6.08. The molecule has 1 fully saturated rings. The molecule has 2 aromatic rings. The maximum atomic E-state index is 13.3. The van der Waals surface area contributed by atoms with Crippen LogP contribution in [-0.4, -0.2) is 41.3 Å². The van der Waals surface area contributed by atoms with Gasteiger partial charge in [-0.15, -0.1) is 0 Å². The van der Waals surface area contributed by atoms with Gasteiger partial charge in [0.2, 0.25) is 11.2 Å². The molecular weight excluding hydrogens is 283 g/mol. The van der Waals surface area contributed by atoms with Crippen LogP contribution in [0.15, 0.2) is 24.3 Å². The van der Waals surface area contributed by atoms with Gasteiger partial charge in [-0.3, -0.25) is 0 Å². The van der Waals surface area contributed by atoms with E-state index in [4.69, 9.17) is 16.3 Å². The molecule has 5 nitrogen and oxygen atoms in total. The Balaban J connectivity index is 1.97. The summed E-state index contributed by atoms with van der Waals surface area (Å²) >= 11 is 5.95. The van der Waals surface area contributed by atoms with E-state index in [1.807, 2.05) is 4.90 Å². The van der Waals surface area contributed by atoms with Crippen LogP contribution in [0.1, 0.15) is 0 Å². The molecule has 1 aromatic carbocycles. The number of aromatic nitrogens is 3. The Morgan fingerprint density at radius 1 is 1.15 bits per heavy atom. The summed E-state index contributed by atoms with van der Waals surface area (Å²) in [5.74, 6) is 0.519. The molecule has 1 aliphatic heterocycles. The zero-order chi connectivity index (χ0) is 13.9. The second-order valence-corrected chi connectivity index (χ2v) is 4.68. The van der Waals surface area contributed by atoms with Crippen LogP contribution in [0.25, 0.3) is 11.4 Å². The summed E-state index contributed by atoms with van der Waals surface area (Å²) in [4.78, 5) is 14.5. The number of morpholine rings is 1. The molecular formula is C13H12ClFN4O. The quantitative estimate of drug-likeness (QED) is 0.849. The largest absolute Gasteiger partial charge is 0.378 e. The van der Waals surface area contributed by atoms with Crippen molar-refractivity contribution in [2.24, 2.45) is 0 Å². The van der Waals surface area contributed by atoms with Crippen LogP contribution in [0.3, 0.4) is 0 Å². The highest BCUT2D eigenvalue weighted by Gasteiger charge is 2.16. The average molecular weight is 295 g/mol. The van der Waals surface area contributed by atoms with Gasteiger partial charge in [-0.2, -0.15) is 15.0 Å². The Hall–Kier alpha value is -1.79. The maximum Gasteiger partial charge on any atom is 0.230 e. The number of hydrogen-bond acceptors (Lipinski definition) is 5. The van der Waals surface area contributed by atoms with E-state index < -0.39 is 0 Å². The first-order valence-corrected chi connectivity index (χ1v) is 6.60. The van der Waals surface area contributed by atoms with Gasteiger partial charge in [-0.05, 0) is 23.7 Å². The van der Waals surface area contributed by atoms with Gasteiger partial charge in [-0.1, -0.05) is 12.1 Å². The molecule has 0 saturated carbocycles. The zero-order valence-electron chi connectivity index (χ0n) is 10.6. The van der Waals surface area contributed by atoms with Gasteiger partial charge in [0, 0.05) is 18.7 Å². The van der Waals surface area contributed by atoms with Crippen molar-refractivity contribution in [1.29, 1.82) is 0 Å². The van der Waals surface area contributed by atoms with Gasteiger partial charge in [-0.25, -0.2) is 4.39 Å². The van der Waals surface area contributed by atoms with E-state index in [1.165, 1.54) is 12.1 Å². The summed E-state index contributed by atoms with van der Waals surface area (Å²) < 4.78 is 18.6. The second kappa shape index (κ2) is 5.68. The molecule has 7 heteroatoms. The summed E-state index contributed by atoms with van der Waals surface area (Å²) in [5, 5.41) is 0.0979. The third-order valence-corrected chi connectivity index (χ3v) is 3.14. The maximum absolute atomic E-state index is 13.3. The summed E-state index contributed by atoms with van der Waals surface area (Å²) in [7, 11) is 0. The third kappa shape index (κ3) is 2.86. The van der Waals surface area contributed by atoms with Crippen molar-refractivity contribution in [3.63, 3.8) is 0 Å². The SMILES string of the molecule is Fc1cccc(-c2nc(Cl)nc(N3CCOCC3)n2)c1. The first kappa shape index (κ1) is 13.2. The summed E-state index contributed by atoms with van der Waals surface area (Å²) in [5.41, 5.74) is 0.573. The molecule has 0 unspecified atom stereocenters. The number of rotatable bonds is 2. The lowest BCUT2D eigenvalue weighted by molar-refractivity contribution is 0.122. The van der Waals surface area contributed by atoms with Crippen molar-refractivity contribution in [2.45, 2.75) is 0 Å². The van der Waals surface area contributed by atoms with Crippen LogP contribution in [0.5, 0.6) is 0 Å². The third-order valence-electron chi connectivity index (χ3n) is 2.97. The van der Waals surface area contributed by atoms with Crippen molar-refractivity contribution in [2.75, 3.05) is 31.2 Å². The van der Waals surface area contributed by atoms with Crippen molar-refractivity contribution in [1.82, 2.24) is 15.0 Å². The fourth-order valence-corrected chi connectivity index (χ4v) is 2.16. The minimum absolute atomic E-state index is 0.0979. The predicted molar refractivity (Wildman–Crippen MR) is 73.3 cm³/mol. The van der Waals surface area contributed by atoms with Gasteiger partial charge in [0.15, 0.2) is 5.82 Å². The van der Waals surface area contributed by atoms with Gasteiger partial charge >= 0.3 is 0 Å². The number of halogens is 2. The van der Waals surface area contributed by atoms with Gasteiger partial charge < -0.3 is 9.64 Å². The number of ether oxygens (including phenoxy) is 1. The Morgan fingerprint density at radius 3 is 2.70 bits per heavy atom. The van der Waals surface area contributed by atoms with Crippen LogP contribution in [0, 0.1) is 5.82 Å². The van der Waals surface area contributed by atoms with Crippen LogP contribution >= 0.6 is 11.6 Å². The monoisotopic (exact) mass is 294 g/mol. The molecule has 1 saturated heterocycles. The summed E-state index contributed by atoms with van der Waals surface area (Å²) in [6.45, 7) is 2.64. The smallest absolute Gasteiger partial charge is 0.230 e. The first-order chi connectivity index (χ1) is 9.72. The fourth-order valence-electron chi connectivity index (χ4n) is 2.00. The second-order valence-electron chi connectivity index (χ2n) is 4.34. The number of benzene rings is 1. The normalized spacial score (nSPS) is 15.4. The summed E-state index contributed by atoms with van der Waals surface area (Å²) in [6.07, 6.45) is 0. The van der Waals surface area contributed by atoms with Gasteiger partial charge in [0.1, 0.15) is 5.82 Å². The standard InChI is InChI=1S/C13H12ClFN4O/c14-12-16-11(9-2-1-3-10(15)8-9)17-13(18-12)19-4-6-20-7-5-19/h1-3,8H,4-7H2. The van der Waals surface area contributed by atoms with E-state index in [9.17, 15) is 4.39 Å². The van der Waals surface area contributed by atoms with Gasteiger partial charge in [0.05, 0.1) is 13.2 Å². The van der Waals surface area contributed by atoms with E-state index in [1.54, 1.807) is 12.1 Å². The van der Waals surface area contributed by atoms with E-state index in [0.29, 0.717) is 43.6 Å². The molecule has 0 N–H and O–H groups in total. The molecule has 0 bridgehead atoms. The molecule has 0 amide bonds. The lowest BCUT2D eigenvalue weighted by Gasteiger charge is -2.26. The van der Waals surface area contributed by atoms with E-state index >= 15 is 0 Å². The van der Waals surface area contributed by atoms with Gasteiger partial charge in [0.25, 0.3) is 0 Å². The highest BCUT2D eigenvalue weighted by atomic mass is 35.5. The molecule has 3 rings (SSSR count). The molecule has 1 aromatic heterocycles. The Morgan fingerprint density at radius 2 is 1.95 bits per heavy atom. The average Bonchev–Trinajstić information content (AvgIpc) is 2.47. The number of anilines is 1. The fraction of sp³-hybridized carbons (Fsp3) is 0.308. The molecule has 1 aliphatic rings. The number of nitrogens with zero attached hydrogens (tertiary/aromatic N) is 4. The van der Waals surface area contributed by atoms with Crippen molar-refractivity contribution >= 4 is 17.5 Å². The van der Waals surface area contributed by atoms with Crippen LogP contribution < -0.4 is 4.90 Å². The number of hydrogen-bond donors (Lipinski definition) is 0. The van der Waals surface area contributed by atoms with Crippen LogP contribution in [0.4, 0.5) is 10.3 Å². The predicted octanol–water partition coefficient (Wildman–Crippen LogP) is 2.17. The lowest BCUT2D eigenvalue weighted by Crippen LogP contribution is -2.37. The van der Waals surface area contributed by atoms with E-state index in [0.717, 1.165) is 0 Å². The lowest BCUT2D eigenvalue weighted by atomic mass is 10.2. The highest BCUT2D eigenvalue weighted by molar-refractivity contribution is 6.28. The molecule has 20 heavy (non-hydrogen) atoms. The molecule has 2 heterocycles. The molecule has 104 valence electrons. The van der Waals surface area contributed by atoms with Crippen molar-refractivity contribution in [3.8, 4) is 11.4 Å². The van der Waals surface area contributed by atoms with Crippen molar-refractivity contribution < 1.29 is 9.13 Å². The van der Waals surface area contributed by atoms with E-state index in [-0.39, 0.29) is 11.1 Å². The minimum atomic E-state index is -0.341. The minimum Gasteiger partial charge on any atom is -0.378 e. The molecule has 0 atom stereocenters. The topological polar surface area (TPSA) is 51.1 Å². The molecule has 0 radical (unpaired) electrons. The molecule has 0 aliphatic carbocycles. The Bertz CT molecular complexity index is 619. The Labute approximate surface area is 120 Å². The zero-order valence-corrected chi connectivity index (χ0v) is 11.3. The van der Waals surface area contributed by atoms with Crippen LogP contribution in [0.2, 0.25) is 5.28 Å². The van der Waals surface area contributed by atoms with Crippen molar-refractivity contribution in [3.05, 3.63) is 35.4 Å². The molecule has 0 spiro atoms. The first-order valence-electron chi connectivity index (χ1n) is 6.22. The van der Waals surface area contributed by atoms with Crippen LogP contribution in [-0.2, 0) is 4.74 Å². The van der Waals surface area contributed by atoms with E-state index in [2.05, 4.69) is 15.0 Å². The Kier molecular flexibility index (Phi) is 3.75. The highest BCUT2D eigenvalue weighted by Crippen LogP contribution is 2.20.